The lowest BCUT2D eigenvalue weighted by molar-refractivity contribution is 0.0341. The minimum atomic E-state index is 0.570. The number of hydrogen-bond acceptors (Lipinski definition) is 4. The van der Waals surface area contributed by atoms with E-state index in [1.807, 2.05) is 25.1 Å². The van der Waals surface area contributed by atoms with Crippen molar-refractivity contribution < 1.29 is 9.47 Å². The fourth-order valence-corrected chi connectivity index (χ4v) is 3.50. The molecule has 0 spiro atoms. The Morgan fingerprint density at radius 3 is 2.40 bits per heavy atom. The molecule has 1 aliphatic rings. The van der Waals surface area contributed by atoms with E-state index in [4.69, 9.17) is 14.5 Å². The van der Waals surface area contributed by atoms with Gasteiger partial charge in [-0.15, -0.1) is 0 Å². The highest BCUT2D eigenvalue weighted by Crippen LogP contribution is 2.19. The summed E-state index contributed by atoms with van der Waals surface area (Å²) in [6.45, 7) is 11.4. The van der Waals surface area contributed by atoms with Gasteiger partial charge in [0.1, 0.15) is 5.75 Å². The van der Waals surface area contributed by atoms with Crippen LogP contribution in [0.15, 0.2) is 53.5 Å². The van der Waals surface area contributed by atoms with E-state index in [9.17, 15) is 0 Å². The Bertz CT molecular complexity index is 803. The zero-order valence-electron chi connectivity index (χ0n) is 18.2. The first-order chi connectivity index (χ1) is 14.8. The zero-order valence-corrected chi connectivity index (χ0v) is 18.2. The van der Waals surface area contributed by atoms with Crippen molar-refractivity contribution in [3.63, 3.8) is 0 Å². The van der Waals surface area contributed by atoms with Crippen LogP contribution in [0.5, 0.6) is 5.75 Å². The lowest BCUT2D eigenvalue weighted by atomic mass is 10.1. The van der Waals surface area contributed by atoms with Crippen LogP contribution in [0.2, 0.25) is 0 Å². The molecule has 1 aliphatic heterocycles. The van der Waals surface area contributed by atoms with Crippen molar-refractivity contribution in [3.8, 4) is 5.75 Å². The summed E-state index contributed by atoms with van der Waals surface area (Å²) >= 11 is 0. The van der Waals surface area contributed by atoms with E-state index in [0.29, 0.717) is 13.2 Å². The van der Waals surface area contributed by atoms with Crippen LogP contribution in [0.3, 0.4) is 0 Å². The predicted molar refractivity (Wildman–Crippen MR) is 122 cm³/mol. The molecule has 2 N–H and O–H groups in total. The quantitative estimate of drug-likeness (QED) is 0.491. The molecule has 0 saturated carbocycles. The Balaban J connectivity index is 1.64. The highest BCUT2D eigenvalue weighted by molar-refractivity contribution is 5.79. The van der Waals surface area contributed by atoms with Gasteiger partial charge in [0.2, 0.25) is 0 Å². The second-order valence-electron chi connectivity index (χ2n) is 7.25. The lowest BCUT2D eigenvalue weighted by Crippen LogP contribution is -2.38. The van der Waals surface area contributed by atoms with Gasteiger partial charge in [-0.3, -0.25) is 4.90 Å². The Hall–Kier alpha value is -2.57. The van der Waals surface area contributed by atoms with Gasteiger partial charge in [0.25, 0.3) is 0 Å². The van der Waals surface area contributed by atoms with Gasteiger partial charge in [0.15, 0.2) is 5.96 Å². The molecule has 1 heterocycles. The molecule has 1 saturated heterocycles. The van der Waals surface area contributed by atoms with E-state index in [-0.39, 0.29) is 0 Å². The van der Waals surface area contributed by atoms with E-state index in [2.05, 4.69) is 52.8 Å². The number of para-hydroxylation sites is 1. The second-order valence-corrected chi connectivity index (χ2v) is 7.25. The van der Waals surface area contributed by atoms with Crippen molar-refractivity contribution in [2.75, 3.05) is 39.5 Å². The molecule has 6 nitrogen and oxygen atoms in total. The van der Waals surface area contributed by atoms with Crippen LogP contribution in [-0.2, 0) is 24.4 Å². The number of rotatable bonds is 9. The summed E-state index contributed by atoms with van der Waals surface area (Å²) in [5.41, 5.74) is 3.73. The monoisotopic (exact) mass is 410 g/mol. The summed E-state index contributed by atoms with van der Waals surface area (Å²) in [7, 11) is 0. The highest BCUT2D eigenvalue weighted by atomic mass is 16.5. The topological polar surface area (TPSA) is 58.1 Å². The molecule has 0 aromatic heterocycles. The third-order valence-electron chi connectivity index (χ3n) is 5.09. The van der Waals surface area contributed by atoms with E-state index >= 15 is 0 Å². The van der Waals surface area contributed by atoms with Crippen LogP contribution in [0.1, 0.15) is 30.5 Å². The van der Waals surface area contributed by atoms with Gasteiger partial charge in [0.05, 0.1) is 26.4 Å². The molecule has 2 aromatic carbocycles. The molecule has 0 amide bonds. The third-order valence-corrected chi connectivity index (χ3v) is 5.09. The second kappa shape index (κ2) is 12.2. The Labute approximate surface area is 180 Å². The van der Waals surface area contributed by atoms with Crippen LogP contribution in [-0.4, -0.2) is 50.3 Å². The minimum absolute atomic E-state index is 0.570. The molecule has 0 bridgehead atoms. The Kier molecular flexibility index (Phi) is 9.00. The number of ether oxygens (including phenoxy) is 2. The number of nitrogens with one attached hydrogen (secondary N) is 2. The van der Waals surface area contributed by atoms with Gasteiger partial charge in [-0.1, -0.05) is 42.5 Å². The summed E-state index contributed by atoms with van der Waals surface area (Å²) in [5, 5.41) is 6.84. The summed E-state index contributed by atoms with van der Waals surface area (Å²) in [4.78, 5) is 7.23. The highest BCUT2D eigenvalue weighted by Gasteiger charge is 2.13. The zero-order chi connectivity index (χ0) is 21.0. The number of benzene rings is 2. The van der Waals surface area contributed by atoms with Gasteiger partial charge < -0.3 is 20.1 Å². The fraction of sp³-hybridized carbons (Fsp3) is 0.458. The molecule has 0 radical (unpaired) electrons. The standard InChI is InChI=1S/C24H34N4O2/c1-3-25-24(27-18-21-10-7-8-12-23(21)30-4-2)26-17-20-9-5-6-11-22(20)19-28-13-15-29-16-14-28/h5-12H,3-4,13-19H2,1-2H3,(H2,25,26,27). The molecule has 1 fully saturated rings. The summed E-state index contributed by atoms with van der Waals surface area (Å²) in [6, 6.07) is 16.7. The smallest absolute Gasteiger partial charge is 0.191 e. The lowest BCUT2D eigenvalue weighted by Gasteiger charge is -2.27. The van der Waals surface area contributed by atoms with E-state index < -0.39 is 0 Å². The van der Waals surface area contributed by atoms with E-state index in [1.54, 1.807) is 0 Å². The Morgan fingerprint density at radius 2 is 1.67 bits per heavy atom. The molecular weight excluding hydrogens is 376 g/mol. The van der Waals surface area contributed by atoms with Gasteiger partial charge in [-0.2, -0.15) is 0 Å². The first-order valence-electron chi connectivity index (χ1n) is 10.9. The van der Waals surface area contributed by atoms with Crippen LogP contribution in [0.4, 0.5) is 0 Å². The summed E-state index contributed by atoms with van der Waals surface area (Å²) < 4.78 is 11.2. The minimum Gasteiger partial charge on any atom is -0.494 e. The SMILES string of the molecule is CCNC(=NCc1ccccc1OCC)NCc1ccccc1CN1CCOCC1. The van der Waals surface area contributed by atoms with Gasteiger partial charge in [-0.05, 0) is 31.0 Å². The fourth-order valence-electron chi connectivity index (χ4n) is 3.50. The first-order valence-corrected chi connectivity index (χ1v) is 10.9. The largest absolute Gasteiger partial charge is 0.494 e. The van der Waals surface area contributed by atoms with Crippen molar-refractivity contribution in [2.45, 2.75) is 33.5 Å². The molecule has 3 rings (SSSR count). The maximum absolute atomic E-state index is 5.72. The maximum atomic E-state index is 5.72. The molecule has 162 valence electrons. The number of hydrogen-bond donors (Lipinski definition) is 2. The van der Waals surface area contributed by atoms with Crippen molar-refractivity contribution in [3.05, 3.63) is 65.2 Å². The van der Waals surface area contributed by atoms with Crippen molar-refractivity contribution in [2.24, 2.45) is 4.99 Å². The van der Waals surface area contributed by atoms with Crippen LogP contribution < -0.4 is 15.4 Å². The van der Waals surface area contributed by atoms with Crippen molar-refractivity contribution >= 4 is 5.96 Å². The van der Waals surface area contributed by atoms with Crippen LogP contribution in [0, 0.1) is 0 Å². The van der Waals surface area contributed by atoms with Crippen molar-refractivity contribution in [1.82, 2.24) is 15.5 Å². The molecule has 0 aliphatic carbocycles. The molecule has 0 unspecified atom stereocenters. The number of aliphatic imine (C=N–C) groups is 1. The summed E-state index contributed by atoms with van der Waals surface area (Å²) in [6.07, 6.45) is 0. The van der Waals surface area contributed by atoms with Gasteiger partial charge in [0, 0.05) is 38.3 Å². The number of morpholine rings is 1. The van der Waals surface area contributed by atoms with Gasteiger partial charge in [-0.25, -0.2) is 4.99 Å². The molecule has 30 heavy (non-hydrogen) atoms. The van der Waals surface area contributed by atoms with Gasteiger partial charge >= 0.3 is 0 Å². The number of guanidine groups is 1. The van der Waals surface area contributed by atoms with Crippen molar-refractivity contribution in [1.29, 1.82) is 0 Å². The Morgan fingerprint density at radius 1 is 0.967 bits per heavy atom. The maximum Gasteiger partial charge on any atom is 0.191 e. The summed E-state index contributed by atoms with van der Waals surface area (Å²) in [5.74, 6) is 1.71. The normalized spacial score (nSPS) is 15.1. The third kappa shape index (κ3) is 6.75. The average molecular weight is 411 g/mol. The first kappa shape index (κ1) is 22.1. The average Bonchev–Trinajstić information content (AvgIpc) is 2.78. The molecule has 2 aromatic rings. The van der Waals surface area contributed by atoms with Crippen LogP contribution in [0.25, 0.3) is 0 Å². The van der Waals surface area contributed by atoms with Crippen LogP contribution >= 0.6 is 0 Å². The van der Waals surface area contributed by atoms with E-state index in [0.717, 1.165) is 63.2 Å². The van der Waals surface area contributed by atoms with E-state index in [1.165, 1.54) is 11.1 Å². The predicted octanol–water partition coefficient (Wildman–Crippen LogP) is 3.17. The number of nitrogens with zero attached hydrogens (tertiary/aromatic N) is 2. The molecule has 0 atom stereocenters. The molecule has 6 heteroatoms. The molecular formula is C24H34N4O2.